The molecule has 0 saturated carbocycles. The van der Waals surface area contributed by atoms with Crippen molar-refractivity contribution < 1.29 is 0 Å². The molecule has 2 rings (SSSR count). The standard InChI is InChI=1S/C15H25N3S/c1-15(2,3)16-10-12-6-5-7-14(17-12)18(4)13-8-9-19-11-13/h5-7,13,16H,8-11H2,1-4H3. The lowest BCUT2D eigenvalue weighted by molar-refractivity contribution is 0.421. The number of rotatable bonds is 4. The Morgan fingerprint density at radius 3 is 2.84 bits per heavy atom. The maximum Gasteiger partial charge on any atom is 0.128 e. The minimum Gasteiger partial charge on any atom is -0.356 e. The Bertz CT molecular complexity index is 408. The lowest BCUT2D eigenvalue weighted by Gasteiger charge is -2.26. The van der Waals surface area contributed by atoms with Crippen LogP contribution < -0.4 is 10.2 Å². The molecule has 1 aliphatic heterocycles. The summed E-state index contributed by atoms with van der Waals surface area (Å²) in [6.07, 6.45) is 1.27. The van der Waals surface area contributed by atoms with Crippen molar-refractivity contribution in [3.05, 3.63) is 23.9 Å². The van der Waals surface area contributed by atoms with Crippen molar-refractivity contribution >= 4 is 17.6 Å². The first kappa shape index (κ1) is 14.7. The summed E-state index contributed by atoms with van der Waals surface area (Å²) in [4.78, 5) is 7.11. The molecule has 0 bridgehead atoms. The fourth-order valence-electron chi connectivity index (χ4n) is 2.13. The molecule has 0 aromatic carbocycles. The second-order valence-corrected chi connectivity index (χ2v) is 7.37. The summed E-state index contributed by atoms with van der Waals surface area (Å²) in [7, 11) is 2.17. The Balaban J connectivity index is 2.01. The molecule has 1 aromatic heterocycles. The highest BCUT2D eigenvalue weighted by molar-refractivity contribution is 7.99. The smallest absolute Gasteiger partial charge is 0.128 e. The third kappa shape index (κ3) is 4.39. The molecule has 106 valence electrons. The lowest BCUT2D eigenvalue weighted by Crippen LogP contribution is -2.36. The topological polar surface area (TPSA) is 28.2 Å². The summed E-state index contributed by atoms with van der Waals surface area (Å²) in [5, 5.41) is 3.49. The molecule has 2 heterocycles. The minimum atomic E-state index is 0.131. The van der Waals surface area contributed by atoms with Crippen LogP contribution in [0.4, 0.5) is 5.82 Å². The summed E-state index contributed by atoms with van der Waals surface area (Å²) in [6, 6.07) is 6.97. The monoisotopic (exact) mass is 279 g/mol. The van der Waals surface area contributed by atoms with Crippen molar-refractivity contribution in [3.8, 4) is 0 Å². The molecule has 0 radical (unpaired) electrons. The first-order chi connectivity index (χ1) is 8.96. The number of thioether (sulfide) groups is 1. The van der Waals surface area contributed by atoms with E-state index in [1.54, 1.807) is 0 Å². The first-order valence-corrected chi connectivity index (χ1v) is 8.13. The third-order valence-electron chi connectivity index (χ3n) is 3.41. The van der Waals surface area contributed by atoms with Gasteiger partial charge in [-0.3, -0.25) is 0 Å². The molecular weight excluding hydrogens is 254 g/mol. The van der Waals surface area contributed by atoms with Gasteiger partial charge >= 0.3 is 0 Å². The fraction of sp³-hybridized carbons (Fsp3) is 0.667. The van der Waals surface area contributed by atoms with Gasteiger partial charge < -0.3 is 10.2 Å². The normalized spacial score (nSPS) is 19.7. The van der Waals surface area contributed by atoms with Crippen molar-refractivity contribution in [2.45, 2.75) is 45.3 Å². The van der Waals surface area contributed by atoms with Crippen molar-refractivity contribution in [2.75, 3.05) is 23.5 Å². The van der Waals surface area contributed by atoms with E-state index in [0.717, 1.165) is 18.1 Å². The molecule has 4 heteroatoms. The highest BCUT2D eigenvalue weighted by atomic mass is 32.2. The predicted octanol–water partition coefficient (Wildman–Crippen LogP) is 2.91. The van der Waals surface area contributed by atoms with Crippen LogP contribution in [-0.2, 0) is 6.54 Å². The zero-order valence-corrected chi connectivity index (χ0v) is 13.3. The molecule has 19 heavy (non-hydrogen) atoms. The SMILES string of the molecule is CN(c1cccc(CNC(C)(C)C)n1)C1CCSC1. The largest absolute Gasteiger partial charge is 0.356 e. The third-order valence-corrected chi connectivity index (χ3v) is 4.55. The quantitative estimate of drug-likeness (QED) is 0.917. The highest BCUT2D eigenvalue weighted by Gasteiger charge is 2.21. The summed E-state index contributed by atoms with van der Waals surface area (Å²) >= 11 is 2.04. The molecule has 1 unspecified atom stereocenters. The van der Waals surface area contributed by atoms with Crippen LogP contribution in [0.25, 0.3) is 0 Å². The van der Waals surface area contributed by atoms with Gasteiger partial charge in [0.2, 0.25) is 0 Å². The van der Waals surface area contributed by atoms with Gasteiger partial charge in [0, 0.05) is 30.9 Å². The predicted molar refractivity (Wildman–Crippen MR) is 85.0 cm³/mol. The Kier molecular flexibility index (Phi) is 4.74. The maximum absolute atomic E-state index is 4.77. The zero-order valence-electron chi connectivity index (χ0n) is 12.4. The Morgan fingerprint density at radius 1 is 1.42 bits per heavy atom. The number of aromatic nitrogens is 1. The first-order valence-electron chi connectivity index (χ1n) is 6.97. The van der Waals surface area contributed by atoms with E-state index < -0.39 is 0 Å². The van der Waals surface area contributed by atoms with Gasteiger partial charge in [-0.2, -0.15) is 11.8 Å². The van der Waals surface area contributed by atoms with Gasteiger partial charge in [-0.1, -0.05) is 6.07 Å². The van der Waals surface area contributed by atoms with Gasteiger partial charge in [-0.05, 0) is 45.1 Å². The van der Waals surface area contributed by atoms with Gasteiger partial charge in [0.05, 0.1) is 5.69 Å². The number of hydrogen-bond acceptors (Lipinski definition) is 4. The van der Waals surface area contributed by atoms with E-state index in [2.05, 4.69) is 56.2 Å². The number of nitrogens with zero attached hydrogens (tertiary/aromatic N) is 2. The molecule has 0 amide bonds. The van der Waals surface area contributed by atoms with Gasteiger partial charge in [-0.15, -0.1) is 0 Å². The summed E-state index contributed by atoms with van der Waals surface area (Å²) in [5.41, 5.74) is 1.25. The number of nitrogens with one attached hydrogen (secondary N) is 1. The molecule has 0 aliphatic carbocycles. The molecule has 1 fully saturated rings. The van der Waals surface area contributed by atoms with E-state index in [1.807, 2.05) is 11.8 Å². The van der Waals surface area contributed by atoms with Gasteiger partial charge in [0.25, 0.3) is 0 Å². The summed E-state index contributed by atoms with van der Waals surface area (Å²) in [6.45, 7) is 7.36. The van der Waals surface area contributed by atoms with Crippen LogP contribution in [0.3, 0.4) is 0 Å². The van der Waals surface area contributed by atoms with Gasteiger partial charge in [-0.25, -0.2) is 4.98 Å². The molecule has 1 aliphatic rings. The number of pyridine rings is 1. The van der Waals surface area contributed by atoms with Crippen LogP contribution >= 0.6 is 11.8 Å². The van der Waals surface area contributed by atoms with Gasteiger partial charge in [0.15, 0.2) is 0 Å². The van der Waals surface area contributed by atoms with E-state index in [4.69, 9.17) is 4.98 Å². The van der Waals surface area contributed by atoms with Crippen molar-refractivity contribution in [2.24, 2.45) is 0 Å². The van der Waals surface area contributed by atoms with E-state index in [1.165, 1.54) is 17.9 Å². The van der Waals surface area contributed by atoms with E-state index in [0.29, 0.717) is 6.04 Å². The van der Waals surface area contributed by atoms with Crippen LogP contribution in [0.1, 0.15) is 32.9 Å². The Hall–Kier alpha value is -0.740. The maximum atomic E-state index is 4.77. The highest BCUT2D eigenvalue weighted by Crippen LogP contribution is 2.24. The second-order valence-electron chi connectivity index (χ2n) is 6.22. The van der Waals surface area contributed by atoms with Crippen LogP contribution in [0, 0.1) is 0 Å². The number of hydrogen-bond donors (Lipinski definition) is 1. The molecular formula is C15H25N3S. The zero-order chi connectivity index (χ0) is 13.9. The van der Waals surface area contributed by atoms with Crippen molar-refractivity contribution in [1.82, 2.24) is 10.3 Å². The Labute approximate surface area is 121 Å². The summed E-state index contributed by atoms with van der Waals surface area (Å²) < 4.78 is 0. The number of anilines is 1. The average molecular weight is 279 g/mol. The molecule has 1 atom stereocenters. The van der Waals surface area contributed by atoms with Crippen molar-refractivity contribution in [1.29, 1.82) is 0 Å². The van der Waals surface area contributed by atoms with Crippen LogP contribution in [0.2, 0.25) is 0 Å². The molecule has 1 saturated heterocycles. The molecule has 3 nitrogen and oxygen atoms in total. The lowest BCUT2D eigenvalue weighted by atomic mass is 10.1. The van der Waals surface area contributed by atoms with E-state index >= 15 is 0 Å². The average Bonchev–Trinajstić information content (AvgIpc) is 2.89. The molecule has 0 spiro atoms. The fourth-order valence-corrected chi connectivity index (χ4v) is 3.40. The molecule has 1 aromatic rings. The van der Waals surface area contributed by atoms with Crippen LogP contribution in [0.5, 0.6) is 0 Å². The van der Waals surface area contributed by atoms with E-state index in [9.17, 15) is 0 Å². The second kappa shape index (κ2) is 6.14. The van der Waals surface area contributed by atoms with Gasteiger partial charge in [0.1, 0.15) is 5.82 Å². The van der Waals surface area contributed by atoms with Crippen LogP contribution in [-0.4, -0.2) is 35.1 Å². The Morgan fingerprint density at radius 2 is 2.21 bits per heavy atom. The van der Waals surface area contributed by atoms with E-state index in [-0.39, 0.29) is 5.54 Å². The minimum absolute atomic E-state index is 0.131. The van der Waals surface area contributed by atoms with Crippen LogP contribution in [0.15, 0.2) is 18.2 Å². The molecule has 1 N–H and O–H groups in total. The summed E-state index contributed by atoms with van der Waals surface area (Å²) in [5.74, 6) is 3.60. The van der Waals surface area contributed by atoms with Crippen molar-refractivity contribution in [3.63, 3.8) is 0 Å².